The van der Waals surface area contributed by atoms with E-state index in [0.717, 1.165) is 16.2 Å². The van der Waals surface area contributed by atoms with E-state index in [1.807, 2.05) is 17.5 Å². The second-order valence-corrected chi connectivity index (χ2v) is 5.83. The van der Waals surface area contributed by atoms with Crippen molar-refractivity contribution in [1.29, 1.82) is 0 Å². The second kappa shape index (κ2) is 4.17. The van der Waals surface area contributed by atoms with Gasteiger partial charge in [-0.2, -0.15) is 4.52 Å². The third-order valence-corrected chi connectivity index (χ3v) is 4.02. The number of nitrogens with zero attached hydrogens (tertiary/aromatic N) is 4. The number of halogens is 1. The summed E-state index contributed by atoms with van der Waals surface area (Å²) in [5.74, 6) is 0. The molecule has 3 heterocycles. The van der Waals surface area contributed by atoms with Crippen LogP contribution < -0.4 is 5.56 Å². The minimum absolute atomic E-state index is 0.258. The number of thiophene rings is 1. The second-order valence-electron chi connectivity index (χ2n) is 3.26. The predicted molar refractivity (Wildman–Crippen MR) is 67.1 cm³/mol. The first kappa shape index (κ1) is 10.8. The highest BCUT2D eigenvalue weighted by molar-refractivity contribution is 7.20. The molecule has 0 radical (unpaired) electrons. The van der Waals surface area contributed by atoms with Gasteiger partial charge in [-0.15, -0.1) is 26.6 Å². The zero-order valence-electron chi connectivity index (χ0n) is 8.33. The molecule has 0 amide bonds. The summed E-state index contributed by atoms with van der Waals surface area (Å²) in [4.78, 5) is 13.5. The van der Waals surface area contributed by atoms with Crippen molar-refractivity contribution in [3.8, 4) is 0 Å². The van der Waals surface area contributed by atoms with Crippen molar-refractivity contribution in [2.75, 3.05) is 0 Å². The van der Waals surface area contributed by atoms with Crippen molar-refractivity contribution in [2.24, 2.45) is 0 Å². The monoisotopic (exact) mass is 284 g/mol. The zero-order valence-corrected chi connectivity index (χ0v) is 10.7. The Labute approximate surface area is 108 Å². The standard InChI is InChI=1S/C9H5ClN4OS2/c10-8-13-14-7(15)6(11-12-9(14)17-8)4-5-2-1-3-16-5/h1-3H,4H2. The summed E-state index contributed by atoms with van der Waals surface area (Å²) in [5, 5.41) is 13.7. The van der Waals surface area contributed by atoms with Crippen molar-refractivity contribution in [1.82, 2.24) is 19.8 Å². The van der Waals surface area contributed by atoms with E-state index in [2.05, 4.69) is 15.3 Å². The molecule has 5 nitrogen and oxygen atoms in total. The van der Waals surface area contributed by atoms with Crippen LogP contribution in [0.3, 0.4) is 0 Å². The van der Waals surface area contributed by atoms with Crippen LogP contribution in [0.25, 0.3) is 4.96 Å². The lowest BCUT2D eigenvalue weighted by molar-refractivity contribution is 0.811. The van der Waals surface area contributed by atoms with Crippen molar-refractivity contribution < 1.29 is 0 Å². The zero-order chi connectivity index (χ0) is 11.8. The molecule has 0 N–H and O–H groups in total. The lowest BCUT2D eigenvalue weighted by atomic mass is 10.3. The molecule has 0 spiro atoms. The van der Waals surface area contributed by atoms with E-state index < -0.39 is 0 Å². The molecule has 3 rings (SSSR count). The van der Waals surface area contributed by atoms with E-state index in [1.54, 1.807) is 11.3 Å². The van der Waals surface area contributed by atoms with Crippen LogP contribution in [0, 0.1) is 0 Å². The van der Waals surface area contributed by atoms with E-state index in [1.165, 1.54) is 4.52 Å². The SMILES string of the molecule is O=c1c(Cc2cccs2)nnc2sc(Cl)nn12. The lowest BCUT2D eigenvalue weighted by Gasteiger charge is -1.95. The maximum absolute atomic E-state index is 12.0. The Bertz CT molecular complexity index is 718. The van der Waals surface area contributed by atoms with Crippen LogP contribution in [-0.4, -0.2) is 19.8 Å². The predicted octanol–water partition coefficient (Wildman–Crippen LogP) is 1.85. The topological polar surface area (TPSA) is 60.2 Å². The Balaban J connectivity index is 2.11. The Kier molecular flexibility index (Phi) is 2.65. The summed E-state index contributed by atoms with van der Waals surface area (Å²) in [5.41, 5.74) is 0.124. The molecule has 0 aliphatic rings. The van der Waals surface area contributed by atoms with Crippen LogP contribution >= 0.6 is 34.3 Å². The molecule has 3 aromatic rings. The van der Waals surface area contributed by atoms with E-state index in [0.29, 0.717) is 17.1 Å². The van der Waals surface area contributed by atoms with Crippen molar-refractivity contribution in [2.45, 2.75) is 6.42 Å². The molecule has 0 aliphatic heterocycles. The van der Waals surface area contributed by atoms with Gasteiger partial charge in [-0.3, -0.25) is 4.79 Å². The van der Waals surface area contributed by atoms with Gasteiger partial charge < -0.3 is 0 Å². The Hall–Kier alpha value is -1.31. The normalized spacial score (nSPS) is 11.1. The molecular weight excluding hydrogens is 280 g/mol. The minimum Gasteiger partial charge on any atom is -0.265 e. The van der Waals surface area contributed by atoms with Crippen LogP contribution in [0.5, 0.6) is 0 Å². The van der Waals surface area contributed by atoms with Gasteiger partial charge in [-0.1, -0.05) is 17.4 Å². The first-order valence-electron chi connectivity index (χ1n) is 4.67. The fourth-order valence-corrected chi connectivity index (χ4v) is 2.97. The third kappa shape index (κ3) is 1.97. The first-order valence-corrected chi connectivity index (χ1v) is 6.75. The molecule has 3 aromatic heterocycles. The van der Waals surface area contributed by atoms with Crippen LogP contribution in [-0.2, 0) is 6.42 Å². The van der Waals surface area contributed by atoms with Crippen LogP contribution in [0.2, 0.25) is 4.47 Å². The van der Waals surface area contributed by atoms with Crippen molar-refractivity contribution in [3.05, 3.63) is 42.9 Å². The number of fused-ring (bicyclic) bond motifs is 1. The largest absolute Gasteiger partial charge is 0.297 e. The molecule has 86 valence electrons. The van der Waals surface area contributed by atoms with Gasteiger partial charge in [0.05, 0.1) is 0 Å². The highest BCUT2D eigenvalue weighted by atomic mass is 35.5. The summed E-state index contributed by atoms with van der Waals surface area (Å²) >= 11 is 8.44. The van der Waals surface area contributed by atoms with E-state index >= 15 is 0 Å². The number of aromatic nitrogens is 4. The minimum atomic E-state index is -0.258. The van der Waals surface area contributed by atoms with Crippen LogP contribution in [0.1, 0.15) is 10.6 Å². The molecule has 17 heavy (non-hydrogen) atoms. The molecule has 8 heteroatoms. The molecule has 0 bridgehead atoms. The van der Waals surface area contributed by atoms with Crippen molar-refractivity contribution in [3.63, 3.8) is 0 Å². The van der Waals surface area contributed by atoms with Gasteiger partial charge in [0.15, 0.2) is 0 Å². The van der Waals surface area contributed by atoms with Crippen LogP contribution in [0.4, 0.5) is 0 Å². The summed E-state index contributed by atoms with van der Waals surface area (Å²) < 4.78 is 1.48. The fourth-order valence-electron chi connectivity index (χ4n) is 1.41. The maximum Gasteiger partial charge on any atom is 0.297 e. The highest BCUT2D eigenvalue weighted by Gasteiger charge is 2.11. The van der Waals surface area contributed by atoms with Gasteiger partial charge in [0.1, 0.15) is 5.69 Å². The van der Waals surface area contributed by atoms with E-state index in [9.17, 15) is 4.79 Å². The average molecular weight is 285 g/mol. The molecule has 0 unspecified atom stereocenters. The Morgan fingerprint density at radius 3 is 3.06 bits per heavy atom. The van der Waals surface area contributed by atoms with Gasteiger partial charge in [-0.25, -0.2) is 0 Å². The number of rotatable bonds is 2. The molecular formula is C9H5ClN4OS2. The smallest absolute Gasteiger partial charge is 0.265 e. The quantitative estimate of drug-likeness (QED) is 0.720. The number of hydrogen-bond acceptors (Lipinski definition) is 6. The third-order valence-electron chi connectivity index (χ3n) is 2.15. The number of hydrogen-bond donors (Lipinski definition) is 0. The Morgan fingerprint density at radius 1 is 1.41 bits per heavy atom. The maximum atomic E-state index is 12.0. The van der Waals surface area contributed by atoms with E-state index in [-0.39, 0.29) is 10.0 Å². The fraction of sp³-hybridized carbons (Fsp3) is 0.111. The van der Waals surface area contributed by atoms with Gasteiger partial charge in [0.25, 0.3) is 5.56 Å². The van der Waals surface area contributed by atoms with Crippen molar-refractivity contribution >= 4 is 39.2 Å². The van der Waals surface area contributed by atoms with Gasteiger partial charge in [0, 0.05) is 11.3 Å². The highest BCUT2D eigenvalue weighted by Crippen LogP contribution is 2.16. The van der Waals surface area contributed by atoms with E-state index in [4.69, 9.17) is 11.6 Å². The van der Waals surface area contributed by atoms with Gasteiger partial charge in [-0.05, 0) is 23.0 Å². The molecule has 0 saturated carbocycles. The molecule has 0 saturated heterocycles. The average Bonchev–Trinajstić information content (AvgIpc) is 2.91. The van der Waals surface area contributed by atoms with Gasteiger partial charge in [0.2, 0.25) is 9.43 Å². The summed E-state index contributed by atoms with van der Waals surface area (Å²) in [6.07, 6.45) is 0.474. The van der Waals surface area contributed by atoms with Crippen LogP contribution in [0.15, 0.2) is 22.3 Å². The van der Waals surface area contributed by atoms with Gasteiger partial charge >= 0.3 is 0 Å². The molecule has 0 atom stereocenters. The molecule has 0 fully saturated rings. The molecule has 0 aromatic carbocycles. The molecule has 0 aliphatic carbocycles. The summed E-state index contributed by atoms with van der Waals surface area (Å²) in [6, 6.07) is 3.89. The Morgan fingerprint density at radius 2 is 2.29 bits per heavy atom. The summed E-state index contributed by atoms with van der Waals surface area (Å²) in [6.45, 7) is 0. The first-order chi connectivity index (χ1) is 8.24. The summed E-state index contributed by atoms with van der Waals surface area (Å²) in [7, 11) is 0. The lowest BCUT2D eigenvalue weighted by Crippen LogP contribution is -2.21.